The van der Waals surface area contributed by atoms with Crippen LogP contribution in [0.5, 0.6) is 0 Å². The predicted molar refractivity (Wildman–Crippen MR) is 153 cm³/mol. The topological polar surface area (TPSA) is 93.5 Å². The molecule has 0 saturated heterocycles. The van der Waals surface area contributed by atoms with Gasteiger partial charge in [0, 0.05) is 37.3 Å². The van der Waals surface area contributed by atoms with Crippen molar-refractivity contribution in [2.24, 2.45) is 5.73 Å². The molecule has 2 atom stereocenters. The molecule has 6 nitrogen and oxygen atoms in total. The summed E-state index contributed by atoms with van der Waals surface area (Å²) in [5.74, 6) is -2.29. The lowest BCUT2D eigenvalue weighted by atomic mass is 10.0. The number of carbonyl (C=O) groups excluding carboxylic acids is 2. The van der Waals surface area contributed by atoms with Crippen molar-refractivity contribution in [1.82, 2.24) is 10.6 Å². The summed E-state index contributed by atoms with van der Waals surface area (Å²) in [5, 5.41) is 6.16. The summed E-state index contributed by atoms with van der Waals surface area (Å²) in [6, 6.07) is 15.5. The molecule has 1 amide bonds. The first-order valence-electron chi connectivity index (χ1n) is 13.8. The molecule has 3 aromatic rings. The summed E-state index contributed by atoms with van der Waals surface area (Å²) in [6.45, 7) is 7.21. The number of hydrogen-bond donors (Lipinski definition) is 3. The van der Waals surface area contributed by atoms with Gasteiger partial charge in [-0.05, 0) is 78.8 Å². The number of esters is 1. The summed E-state index contributed by atoms with van der Waals surface area (Å²) in [6.07, 6.45) is 2.01. The van der Waals surface area contributed by atoms with Crippen LogP contribution in [-0.4, -0.2) is 37.1 Å². The van der Waals surface area contributed by atoms with E-state index in [4.69, 9.17) is 10.5 Å². The molecule has 0 saturated carbocycles. The van der Waals surface area contributed by atoms with Crippen molar-refractivity contribution >= 4 is 11.9 Å². The van der Waals surface area contributed by atoms with Crippen LogP contribution < -0.4 is 16.4 Å². The Labute approximate surface area is 235 Å². The van der Waals surface area contributed by atoms with Crippen molar-refractivity contribution in [3.05, 3.63) is 106 Å². The smallest absolute Gasteiger partial charge is 0.338 e. The first kappa shape index (κ1) is 30.9. The van der Waals surface area contributed by atoms with Crippen LogP contribution in [0.4, 0.5) is 8.78 Å². The van der Waals surface area contributed by atoms with Crippen LogP contribution >= 0.6 is 0 Å². The van der Waals surface area contributed by atoms with Gasteiger partial charge in [0.15, 0.2) is 0 Å². The number of amides is 1. The van der Waals surface area contributed by atoms with Crippen molar-refractivity contribution in [3.63, 3.8) is 0 Å². The van der Waals surface area contributed by atoms with Gasteiger partial charge in [-0.2, -0.15) is 0 Å². The van der Waals surface area contributed by atoms with Gasteiger partial charge in [0.25, 0.3) is 5.91 Å². The Kier molecular flexibility index (Phi) is 11.8. The maximum Gasteiger partial charge on any atom is 0.338 e. The molecular weight excluding hydrogens is 512 g/mol. The highest BCUT2D eigenvalue weighted by molar-refractivity contribution is 5.98. The fourth-order valence-corrected chi connectivity index (χ4v) is 4.45. The predicted octanol–water partition coefficient (Wildman–Crippen LogP) is 5.25. The highest BCUT2D eigenvalue weighted by Gasteiger charge is 2.24. The zero-order chi connectivity index (χ0) is 29.1. The molecule has 0 unspecified atom stereocenters. The van der Waals surface area contributed by atoms with E-state index in [0.717, 1.165) is 36.5 Å². The number of aryl methyl sites for hydroxylation is 2. The van der Waals surface area contributed by atoms with Crippen molar-refractivity contribution in [2.75, 3.05) is 13.1 Å². The first-order valence-corrected chi connectivity index (χ1v) is 13.8. The molecule has 0 heterocycles. The molecule has 0 spiro atoms. The van der Waals surface area contributed by atoms with Crippen LogP contribution in [0.2, 0.25) is 0 Å². The second kappa shape index (κ2) is 15.2. The molecule has 4 N–H and O–H groups in total. The van der Waals surface area contributed by atoms with E-state index in [1.54, 1.807) is 19.1 Å². The minimum Gasteiger partial charge on any atom is -0.456 e. The minimum atomic E-state index is -0.810. The summed E-state index contributed by atoms with van der Waals surface area (Å²) in [5.41, 5.74) is 10.4. The second-order valence-electron chi connectivity index (χ2n) is 10.1. The molecule has 8 heteroatoms. The molecule has 0 aliphatic carbocycles. The standard InChI is InChI=1S/C32H39F2N3O3/c1-4-6-10-37-31(38)25-11-21(3)12-26(17-25)32(39)40-30(20-36-19-23-9-7-8-22(5-2)13-23)29(35)16-24-14-27(33)18-28(34)15-24/h7-9,11-15,17-18,29-30,36H,4-6,10,16,19-20,35H2,1-3H3,(H,37,38)/t29-,30+/m0/s1. The Balaban J connectivity index is 1.76. The molecule has 0 aliphatic heterocycles. The van der Waals surface area contributed by atoms with E-state index in [9.17, 15) is 18.4 Å². The van der Waals surface area contributed by atoms with E-state index < -0.39 is 29.7 Å². The first-order chi connectivity index (χ1) is 19.2. The summed E-state index contributed by atoms with van der Waals surface area (Å²) >= 11 is 0. The molecular formula is C32H39F2N3O3. The number of nitrogens with one attached hydrogen (secondary N) is 2. The average Bonchev–Trinajstić information content (AvgIpc) is 2.91. The third-order valence-corrected chi connectivity index (χ3v) is 6.60. The van der Waals surface area contributed by atoms with Crippen LogP contribution in [0.25, 0.3) is 0 Å². The largest absolute Gasteiger partial charge is 0.456 e. The van der Waals surface area contributed by atoms with Gasteiger partial charge >= 0.3 is 5.97 Å². The van der Waals surface area contributed by atoms with Crippen LogP contribution in [0.1, 0.15) is 69.7 Å². The molecule has 3 rings (SSSR count). The normalized spacial score (nSPS) is 12.6. The highest BCUT2D eigenvalue weighted by Crippen LogP contribution is 2.16. The van der Waals surface area contributed by atoms with Gasteiger partial charge in [0.2, 0.25) is 0 Å². The average molecular weight is 552 g/mol. The second-order valence-corrected chi connectivity index (χ2v) is 10.1. The van der Waals surface area contributed by atoms with E-state index in [1.807, 2.05) is 19.1 Å². The Morgan fingerprint density at radius 2 is 1.62 bits per heavy atom. The van der Waals surface area contributed by atoms with Crippen molar-refractivity contribution in [3.8, 4) is 0 Å². The number of ether oxygens (including phenoxy) is 1. The fraction of sp³-hybridized carbons (Fsp3) is 0.375. The zero-order valence-electron chi connectivity index (χ0n) is 23.4. The third kappa shape index (κ3) is 9.54. The molecule has 214 valence electrons. The van der Waals surface area contributed by atoms with Gasteiger partial charge in [-0.25, -0.2) is 13.6 Å². The Morgan fingerprint density at radius 3 is 2.33 bits per heavy atom. The van der Waals surface area contributed by atoms with Gasteiger partial charge in [0.05, 0.1) is 5.56 Å². The lowest BCUT2D eigenvalue weighted by molar-refractivity contribution is 0.0238. The number of carbonyl (C=O) groups is 2. The zero-order valence-corrected chi connectivity index (χ0v) is 23.4. The molecule has 0 radical (unpaired) electrons. The lowest BCUT2D eigenvalue weighted by Gasteiger charge is -2.25. The molecule has 0 fully saturated rings. The lowest BCUT2D eigenvalue weighted by Crippen LogP contribution is -2.46. The molecule has 0 bridgehead atoms. The maximum atomic E-state index is 13.8. The maximum absolute atomic E-state index is 13.8. The Bertz CT molecular complexity index is 1280. The van der Waals surface area contributed by atoms with Gasteiger partial charge in [0.1, 0.15) is 17.7 Å². The number of unbranched alkanes of at least 4 members (excludes halogenated alkanes) is 1. The molecule has 40 heavy (non-hydrogen) atoms. The van der Waals surface area contributed by atoms with Crippen LogP contribution in [0, 0.1) is 18.6 Å². The molecule has 0 aromatic heterocycles. The van der Waals surface area contributed by atoms with E-state index in [2.05, 4.69) is 29.7 Å². The quantitative estimate of drug-likeness (QED) is 0.188. The van der Waals surface area contributed by atoms with E-state index in [1.165, 1.54) is 23.8 Å². The number of halogens is 2. The van der Waals surface area contributed by atoms with Crippen LogP contribution in [-0.2, 0) is 24.1 Å². The Hall–Kier alpha value is -3.62. The number of hydrogen-bond acceptors (Lipinski definition) is 5. The fourth-order valence-electron chi connectivity index (χ4n) is 4.45. The molecule has 3 aromatic carbocycles. The Morgan fingerprint density at radius 1 is 0.925 bits per heavy atom. The van der Waals surface area contributed by atoms with Gasteiger partial charge in [-0.3, -0.25) is 4.79 Å². The van der Waals surface area contributed by atoms with Crippen LogP contribution in [0.15, 0.2) is 60.7 Å². The van der Waals surface area contributed by atoms with Gasteiger partial charge < -0.3 is 21.1 Å². The summed E-state index contributed by atoms with van der Waals surface area (Å²) in [4.78, 5) is 25.9. The van der Waals surface area contributed by atoms with Crippen molar-refractivity contribution < 1.29 is 23.1 Å². The van der Waals surface area contributed by atoms with Gasteiger partial charge in [-0.15, -0.1) is 0 Å². The number of benzene rings is 3. The highest BCUT2D eigenvalue weighted by atomic mass is 19.1. The van der Waals surface area contributed by atoms with Crippen LogP contribution in [0.3, 0.4) is 0 Å². The van der Waals surface area contributed by atoms with Crippen molar-refractivity contribution in [1.29, 1.82) is 0 Å². The van der Waals surface area contributed by atoms with Gasteiger partial charge in [-0.1, -0.05) is 44.5 Å². The van der Waals surface area contributed by atoms with E-state index in [0.29, 0.717) is 24.2 Å². The number of nitrogens with two attached hydrogens (primary N) is 1. The minimum absolute atomic E-state index is 0.0958. The summed E-state index contributed by atoms with van der Waals surface area (Å²) in [7, 11) is 0. The van der Waals surface area contributed by atoms with Crippen molar-refractivity contribution in [2.45, 2.75) is 65.1 Å². The van der Waals surface area contributed by atoms with E-state index >= 15 is 0 Å². The number of rotatable bonds is 14. The third-order valence-electron chi connectivity index (χ3n) is 6.60. The van der Waals surface area contributed by atoms with E-state index in [-0.39, 0.29) is 24.4 Å². The SMILES string of the molecule is CCCCNC(=O)c1cc(C)cc(C(=O)O[C@H](CNCc2cccc(CC)c2)[C@@H](N)Cc2cc(F)cc(F)c2)c1. The monoisotopic (exact) mass is 551 g/mol. The summed E-state index contributed by atoms with van der Waals surface area (Å²) < 4.78 is 33.4. The molecule has 0 aliphatic rings.